The van der Waals surface area contributed by atoms with Crippen LogP contribution in [0, 0.1) is 23.2 Å². The molecule has 0 unspecified atom stereocenters. The number of carbonyl (C=O) groups is 5. The Hall–Kier alpha value is -4.44. The van der Waals surface area contributed by atoms with Crippen molar-refractivity contribution >= 4 is 35.7 Å². The standard InChI is InChI=1S/C52H89N7O9/c1-19-35(4)43(56(16)46(62)42(34(2)3)54-48(55(14)15)57-28-30-58(31-29-57)49(64)68-51(9,10)11)40(65-17)33-41(60)59-27-23-26-39(59)44(66-18)36(5)45(61)53-38(32-37-24-21-20-22-25-37)47(63)67-52(12,13)50(6,7)8/h20-22,24-25,34-36,38-40,42-44H,19,23,26-33H2,1-18H3,(H,53,61)/b54-48+/t35-,36+,38-,39-,40+,42-,43-,44+/m0/s1. The minimum absolute atomic E-state index is 0.00563. The molecule has 1 aromatic carbocycles. The number of amides is 4. The van der Waals surface area contributed by atoms with Crippen molar-refractivity contribution in [1.29, 1.82) is 0 Å². The Labute approximate surface area is 409 Å². The van der Waals surface area contributed by atoms with Gasteiger partial charge in [0, 0.05) is 79.9 Å². The summed E-state index contributed by atoms with van der Waals surface area (Å²) in [6, 6.07) is 6.94. The summed E-state index contributed by atoms with van der Waals surface area (Å²) in [5.41, 5.74) is -0.887. The van der Waals surface area contributed by atoms with Crippen LogP contribution < -0.4 is 5.32 Å². The van der Waals surface area contributed by atoms with Crippen molar-refractivity contribution in [2.75, 3.05) is 68.1 Å². The Kier molecular flexibility index (Phi) is 21.2. The molecule has 2 aliphatic rings. The van der Waals surface area contributed by atoms with Gasteiger partial charge in [-0.1, -0.05) is 92.1 Å². The molecular weight excluding hydrogens is 867 g/mol. The fourth-order valence-corrected chi connectivity index (χ4v) is 8.85. The fourth-order valence-electron chi connectivity index (χ4n) is 8.85. The van der Waals surface area contributed by atoms with Crippen molar-refractivity contribution in [3.63, 3.8) is 0 Å². The van der Waals surface area contributed by atoms with E-state index in [4.69, 9.17) is 23.9 Å². The van der Waals surface area contributed by atoms with Crippen LogP contribution in [0.25, 0.3) is 0 Å². The SMILES string of the molecule is CC[C@H](C)[C@@H]([C@@H](CC(=O)N1CCC[C@H]1[C@H](OC)[C@@H](C)C(=O)N[C@@H](Cc1ccccc1)C(=O)OC(C)(C)C(C)(C)C)OC)N(C)C(=O)[C@@H](/N=C(\N(C)C)N1CCN(C(=O)OC(C)(C)C)CC1)C(C)C. The number of benzene rings is 1. The highest BCUT2D eigenvalue weighted by atomic mass is 16.6. The number of ether oxygens (including phenoxy) is 4. The first kappa shape index (κ1) is 57.9. The molecule has 2 aliphatic heterocycles. The van der Waals surface area contributed by atoms with E-state index in [2.05, 4.69) is 24.1 Å². The third-order valence-corrected chi connectivity index (χ3v) is 14.1. The molecule has 1 N–H and O–H groups in total. The molecular formula is C52H89N7O9. The first-order chi connectivity index (χ1) is 31.6. The second kappa shape index (κ2) is 24.9. The fraction of sp³-hybridized carbons (Fsp3) is 0.769. The summed E-state index contributed by atoms with van der Waals surface area (Å²) in [5.74, 6) is -1.51. The number of piperazine rings is 1. The first-order valence-corrected chi connectivity index (χ1v) is 24.8. The Morgan fingerprint density at radius 1 is 0.824 bits per heavy atom. The molecule has 4 amide bonds. The van der Waals surface area contributed by atoms with Gasteiger partial charge in [-0.15, -0.1) is 0 Å². The minimum atomic E-state index is -0.954. The zero-order valence-electron chi connectivity index (χ0n) is 45.0. The van der Waals surface area contributed by atoms with Crippen LogP contribution in [-0.2, 0) is 44.5 Å². The Morgan fingerprint density at radius 2 is 1.41 bits per heavy atom. The third kappa shape index (κ3) is 15.5. The summed E-state index contributed by atoms with van der Waals surface area (Å²) in [6.45, 7) is 27.6. The van der Waals surface area contributed by atoms with Gasteiger partial charge in [0.05, 0.1) is 36.6 Å². The van der Waals surface area contributed by atoms with Gasteiger partial charge >= 0.3 is 12.1 Å². The molecule has 3 rings (SSSR count). The molecule has 16 heteroatoms. The van der Waals surface area contributed by atoms with Gasteiger partial charge in [-0.2, -0.15) is 0 Å². The third-order valence-electron chi connectivity index (χ3n) is 14.1. The molecule has 1 aromatic rings. The zero-order chi connectivity index (χ0) is 51.5. The molecule has 0 bridgehead atoms. The number of likely N-dealkylation sites (tertiary alicyclic amines) is 1. The number of hydrogen-bond donors (Lipinski definition) is 1. The Morgan fingerprint density at radius 3 is 1.91 bits per heavy atom. The lowest BCUT2D eigenvalue weighted by Crippen LogP contribution is -2.56. The van der Waals surface area contributed by atoms with Crippen molar-refractivity contribution in [2.45, 2.75) is 170 Å². The molecule has 0 spiro atoms. The molecule has 2 heterocycles. The molecule has 0 radical (unpaired) electrons. The highest BCUT2D eigenvalue weighted by molar-refractivity contribution is 5.88. The van der Waals surface area contributed by atoms with Crippen molar-refractivity contribution < 1.29 is 42.9 Å². The van der Waals surface area contributed by atoms with Crippen molar-refractivity contribution in [3.8, 4) is 0 Å². The summed E-state index contributed by atoms with van der Waals surface area (Å²) in [4.78, 5) is 84.5. The van der Waals surface area contributed by atoms with Gasteiger partial charge in [-0.3, -0.25) is 14.4 Å². The predicted molar refractivity (Wildman–Crippen MR) is 267 cm³/mol. The molecule has 0 aliphatic carbocycles. The molecule has 68 heavy (non-hydrogen) atoms. The van der Waals surface area contributed by atoms with Crippen LogP contribution >= 0.6 is 0 Å². The summed E-state index contributed by atoms with van der Waals surface area (Å²) in [7, 11) is 8.71. The molecule has 0 saturated carbocycles. The summed E-state index contributed by atoms with van der Waals surface area (Å²) in [6.07, 6.45) is 0.653. The van der Waals surface area contributed by atoms with E-state index in [-0.39, 0.29) is 53.9 Å². The molecule has 8 atom stereocenters. The number of likely N-dealkylation sites (N-methyl/N-ethyl adjacent to an activating group) is 1. The van der Waals surface area contributed by atoms with Gasteiger partial charge in [0.1, 0.15) is 23.3 Å². The number of carbonyl (C=O) groups excluding carboxylic acids is 5. The number of nitrogens with zero attached hydrogens (tertiary/aromatic N) is 6. The zero-order valence-corrected chi connectivity index (χ0v) is 45.0. The first-order valence-electron chi connectivity index (χ1n) is 24.8. The van der Waals surface area contributed by atoms with Crippen LogP contribution in [0.2, 0.25) is 0 Å². The van der Waals surface area contributed by atoms with Gasteiger partial charge in [-0.25, -0.2) is 14.6 Å². The smallest absolute Gasteiger partial charge is 0.410 e. The lowest BCUT2D eigenvalue weighted by molar-refractivity contribution is -0.171. The Balaban J connectivity index is 1.83. The maximum atomic E-state index is 14.8. The van der Waals surface area contributed by atoms with Crippen molar-refractivity contribution in [1.82, 2.24) is 29.8 Å². The summed E-state index contributed by atoms with van der Waals surface area (Å²) in [5, 5.41) is 3.00. The average molecular weight is 956 g/mol. The highest BCUT2D eigenvalue weighted by Gasteiger charge is 2.44. The molecule has 386 valence electrons. The van der Waals surface area contributed by atoms with Gasteiger partial charge < -0.3 is 48.8 Å². The quantitative estimate of drug-likeness (QED) is 0.0916. The predicted octanol–water partition coefficient (Wildman–Crippen LogP) is 6.50. The van der Waals surface area contributed by atoms with Crippen molar-refractivity contribution in [2.24, 2.45) is 28.2 Å². The average Bonchev–Trinajstić information content (AvgIpc) is 3.74. The second-order valence-electron chi connectivity index (χ2n) is 22.0. The summed E-state index contributed by atoms with van der Waals surface area (Å²) >= 11 is 0. The van der Waals surface area contributed by atoms with Gasteiger partial charge in [0.15, 0.2) is 5.96 Å². The number of esters is 1. The number of aliphatic imine (C=N–C) groups is 1. The van der Waals surface area contributed by atoms with E-state index in [1.165, 1.54) is 0 Å². The molecule has 2 fully saturated rings. The van der Waals surface area contributed by atoms with Crippen LogP contribution in [0.1, 0.15) is 121 Å². The van der Waals surface area contributed by atoms with E-state index in [0.717, 1.165) is 18.4 Å². The van der Waals surface area contributed by atoms with Gasteiger partial charge in [0.25, 0.3) is 0 Å². The van der Waals surface area contributed by atoms with E-state index in [1.54, 1.807) is 42.9 Å². The van der Waals surface area contributed by atoms with E-state index in [0.29, 0.717) is 45.1 Å². The monoisotopic (exact) mass is 956 g/mol. The van der Waals surface area contributed by atoms with E-state index in [9.17, 15) is 24.0 Å². The maximum absolute atomic E-state index is 14.8. The highest BCUT2D eigenvalue weighted by Crippen LogP contribution is 2.34. The largest absolute Gasteiger partial charge is 0.458 e. The van der Waals surface area contributed by atoms with Gasteiger partial charge in [0.2, 0.25) is 17.7 Å². The lowest BCUT2D eigenvalue weighted by Gasteiger charge is -2.41. The van der Waals surface area contributed by atoms with Crippen LogP contribution in [0.3, 0.4) is 0 Å². The van der Waals surface area contributed by atoms with Crippen LogP contribution in [0.4, 0.5) is 4.79 Å². The van der Waals surface area contributed by atoms with Crippen LogP contribution in [0.5, 0.6) is 0 Å². The second-order valence-corrected chi connectivity index (χ2v) is 22.0. The van der Waals surface area contributed by atoms with E-state index < -0.39 is 59.5 Å². The topological polar surface area (TPSA) is 163 Å². The van der Waals surface area contributed by atoms with E-state index in [1.807, 2.05) is 119 Å². The number of hydrogen-bond acceptors (Lipinski definition) is 10. The number of methoxy groups -OCH3 is 2. The lowest BCUT2D eigenvalue weighted by atomic mass is 9.79. The minimum Gasteiger partial charge on any atom is -0.458 e. The Bertz CT molecular complexity index is 1840. The normalized spacial score (nSPS) is 19.4. The maximum Gasteiger partial charge on any atom is 0.410 e. The number of nitrogens with one attached hydrogen (secondary N) is 1. The van der Waals surface area contributed by atoms with Crippen LogP contribution in [-0.4, -0.2) is 176 Å². The van der Waals surface area contributed by atoms with E-state index >= 15 is 0 Å². The molecule has 16 nitrogen and oxygen atoms in total. The summed E-state index contributed by atoms with van der Waals surface area (Å²) < 4.78 is 23.9. The van der Waals surface area contributed by atoms with Crippen molar-refractivity contribution in [3.05, 3.63) is 35.9 Å². The molecule has 2 saturated heterocycles. The number of rotatable bonds is 19. The van der Waals surface area contributed by atoms with Gasteiger partial charge in [-0.05, 0) is 64.9 Å². The molecule has 0 aromatic heterocycles. The van der Waals surface area contributed by atoms with Crippen LogP contribution in [0.15, 0.2) is 35.3 Å². The number of guanidine groups is 1.